The van der Waals surface area contributed by atoms with E-state index in [0.717, 1.165) is 6.07 Å². The lowest BCUT2D eigenvalue weighted by atomic mass is 10.2. The Bertz CT molecular complexity index is 705. The number of pyridine rings is 1. The molecular formula is C13H9ClN2O5. The molecule has 0 bridgehead atoms. The van der Waals surface area contributed by atoms with E-state index < -0.39 is 10.9 Å². The number of esters is 1. The predicted octanol–water partition coefficient (Wildman–Crippen LogP) is 3.22. The number of ether oxygens (including phenoxy) is 2. The highest BCUT2D eigenvalue weighted by molar-refractivity contribution is 6.30. The number of methoxy groups -OCH3 is 1. The normalized spacial score (nSPS) is 10.0. The Hall–Kier alpha value is -2.67. The van der Waals surface area contributed by atoms with Crippen molar-refractivity contribution in [2.45, 2.75) is 0 Å². The zero-order valence-electron chi connectivity index (χ0n) is 10.8. The highest BCUT2D eigenvalue weighted by Crippen LogP contribution is 2.31. The van der Waals surface area contributed by atoms with Crippen LogP contribution in [0.2, 0.25) is 5.02 Å². The van der Waals surface area contributed by atoms with Crippen LogP contribution in [0.1, 0.15) is 10.4 Å². The molecule has 8 heteroatoms. The summed E-state index contributed by atoms with van der Waals surface area (Å²) in [6.45, 7) is 0. The second-order valence-corrected chi connectivity index (χ2v) is 4.29. The Labute approximate surface area is 124 Å². The van der Waals surface area contributed by atoms with E-state index in [9.17, 15) is 14.9 Å². The maximum atomic E-state index is 11.4. The summed E-state index contributed by atoms with van der Waals surface area (Å²) in [5.41, 5.74) is -0.113. The van der Waals surface area contributed by atoms with E-state index in [-0.39, 0.29) is 27.9 Å². The topological polar surface area (TPSA) is 91.6 Å². The monoisotopic (exact) mass is 308 g/mol. The van der Waals surface area contributed by atoms with Crippen LogP contribution in [0.25, 0.3) is 0 Å². The van der Waals surface area contributed by atoms with E-state index in [1.807, 2.05) is 0 Å². The first-order valence-corrected chi connectivity index (χ1v) is 6.05. The number of carbonyl (C=O) groups is 1. The molecule has 0 unspecified atom stereocenters. The van der Waals surface area contributed by atoms with Crippen molar-refractivity contribution in [3.05, 3.63) is 57.2 Å². The van der Waals surface area contributed by atoms with Crippen molar-refractivity contribution in [2.24, 2.45) is 0 Å². The van der Waals surface area contributed by atoms with Crippen LogP contribution in [0.3, 0.4) is 0 Å². The van der Waals surface area contributed by atoms with Crippen LogP contribution < -0.4 is 4.74 Å². The van der Waals surface area contributed by atoms with Gasteiger partial charge in [-0.15, -0.1) is 0 Å². The summed E-state index contributed by atoms with van der Waals surface area (Å²) in [6, 6.07) is 7.15. The van der Waals surface area contributed by atoms with E-state index >= 15 is 0 Å². The molecule has 7 nitrogen and oxygen atoms in total. The second-order valence-electron chi connectivity index (χ2n) is 3.86. The van der Waals surface area contributed by atoms with Crippen molar-refractivity contribution in [1.82, 2.24) is 4.98 Å². The Balaban J connectivity index is 2.34. The van der Waals surface area contributed by atoms with Gasteiger partial charge in [0.25, 0.3) is 5.88 Å². The van der Waals surface area contributed by atoms with Gasteiger partial charge in [0.2, 0.25) is 0 Å². The smallest absolute Gasteiger partial charge is 0.337 e. The van der Waals surface area contributed by atoms with E-state index in [2.05, 4.69) is 9.72 Å². The molecule has 108 valence electrons. The zero-order valence-corrected chi connectivity index (χ0v) is 11.5. The first-order chi connectivity index (χ1) is 10.0. The fourth-order valence-electron chi connectivity index (χ4n) is 1.54. The van der Waals surface area contributed by atoms with Gasteiger partial charge in [0.15, 0.2) is 0 Å². The number of halogens is 1. The van der Waals surface area contributed by atoms with Gasteiger partial charge in [0.05, 0.1) is 28.8 Å². The molecule has 0 aliphatic carbocycles. The lowest BCUT2D eigenvalue weighted by Crippen LogP contribution is -2.01. The average Bonchev–Trinajstić information content (AvgIpc) is 2.48. The summed E-state index contributed by atoms with van der Waals surface area (Å²) in [5.74, 6) is -0.541. The van der Waals surface area contributed by atoms with Gasteiger partial charge in [0.1, 0.15) is 5.75 Å². The highest BCUT2D eigenvalue weighted by atomic mass is 35.5. The van der Waals surface area contributed by atoms with Crippen LogP contribution in [0.5, 0.6) is 11.6 Å². The minimum atomic E-state index is -0.654. The summed E-state index contributed by atoms with van der Waals surface area (Å²) in [6.07, 6.45) is 1.23. The van der Waals surface area contributed by atoms with Crippen LogP contribution in [-0.2, 0) is 4.74 Å². The molecule has 2 aromatic rings. The van der Waals surface area contributed by atoms with Gasteiger partial charge in [-0.25, -0.2) is 9.78 Å². The van der Waals surface area contributed by atoms with Crippen LogP contribution in [-0.4, -0.2) is 23.0 Å². The van der Waals surface area contributed by atoms with E-state index in [0.29, 0.717) is 0 Å². The highest BCUT2D eigenvalue weighted by Gasteiger charge is 2.18. The Morgan fingerprint density at radius 3 is 2.81 bits per heavy atom. The van der Waals surface area contributed by atoms with Crippen molar-refractivity contribution in [2.75, 3.05) is 7.11 Å². The van der Waals surface area contributed by atoms with Crippen molar-refractivity contribution in [3.63, 3.8) is 0 Å². The van der Waals surface area contributed by atoms with Crippen molar-refractivity contribution in [3.8, 4) is 11.6 Å². The predicted molar refractivity (Wildman–Crippen MR) is 73.8 cm³/mol. The largest absolute Gasteiger partial charge is 0.465 e. The molecule has 1 heterocycles. The third kappa shape index (κ3) is 3.46. The molecule has 2 rings (SSSR count). The number of nitrogens with zero attached hydrogens (tertiary/aromatic N) is 2. The van der Waals surface area contributed by atoms with Crippen LogP contribution in [0.15, 0.2) is 36.5 Å². The summed E-state index contributed by atoms with van der Waals surface area (Å²) in [7, 11) is 1.25. The van der Waals surface area contributed by atoms with Gasteiger partial charge < -0.3 is 9.47 Å². The number of hydrogen-bond donors (Lipinski definition) is 0. The Kier molecular flexibility index (Phi) is 4.34. The Morgan fingerprint density at radius 2 is 2.14 bits per heavy atom. The zero-order chi connectivity index (χ0) is 15.4. The molecule has 0 N–H and O–H groups in total. The molecule has 0 aliphatic heterocycles. The summed E-state index contributed by atoms with van der Waals surface area (Å²) < 4.78 is 9.93. The van der Waals surface area contributed by atoms with E-state index in [4.69, 9.17) is 16.3 Å². The lowest BCUT2D eigenvalue weighted by Gasteiger charge is -2.06. The molecule has 0 saturated carbocycles. The molecule has 21 heavy (non-hydrogen) atoms. The molecule has 0 aliphatic rings. The lowest BCUT2D eigenvalue weighted by molar-refractivity contribution is -0.386. The maximum Gasteiger partial charge on any atom is 0.337 e. The number of aromatic nitrogens is 1. The molecule has 0 amide bonds. The number of carbonyl (C=O) groups excluding carboxylic acids is 1. The summed E-state index contributed by atoms with van der Waals surface area (Å²) in [4.78, 5) is 25.5. The van der Waals surface area contributed by atoms with Gasteiger partial charge in [-0.05, 0) is 18.2 Å². The molecule has 0 spiro atoms. The molecule has 0 fully saturated rings. The third-order valence-corrected chi connectivity index (χ3v) is 2.67. The molecule has 1 aromatic heterocycles. The van der Waals surface area contributed by atoms with Gasteiger partial charge >= 0.3 is 11.7 Å². The molecule has 0 saturated heterocycles. The number of rotatable bonds is 4. The fourth-order valence-corrected chi connectivity index (χ4v) is 1.69. The first kappa shape index (κ1) is 14.7. The van der Waals surface area contributed by atoms with Crippen molar-refractivity contribution in [1.29, 1.82) is 0 Å². The average molecular weight is 309 g/mol. The van der Waals surface area contributed by atoms with Crippen molar-refractivity contribution < 1.29 is 19.2 Å². The van der Waals surface area contributed by atoms with Crippen LogP contribution in [0.4, 0.5) is 5.69 Å². The minimum Gasteiger partial charge on any atom is -0.465 e. The SMILES string of the molecule is COC(=O)c1cccc(Oc2ncc(Cl)cc2[N+](=O)[O-])c1. The fraction of sp³-hybridized carbons (Fsp3) is 0.0769. The van der Waals surface area contributed by atoms with E-state index in [1.54, 1.807) is 6.07 Å². The standard InChI is InChI=1S/C13H9ClN2O5/c1-20-13(17)8-3-2-4-10(5-8)21-12-11(16(18)19)6-9(14)7-15-12/h2-7H,1H3. The van der Waals surface area contributed by atoms with Gasteiger partial charge in [-0.3, -0.25) is 10.1 Å². The Morgan fingerprint density at radius 1 is 1.38 bits per heavy atom. The first-order valence-electron chi connectivity index (χ1n) is 5.67. The summed E-state index contributed by atoms with van der Waals surface area (Å²) in [5, 5.41) is 11.1. The molecular weight excluding hydrogens is 300 g/mol. The molecule has 0 atom stereocenters. The number of nitro groups is 1. The van der Waals surface area contributed by atoms with Crippen LogP contribution >= 0.6 is 11.6 Å². The minimum absolute atomic E-state index is 0.123. The van der Waals surface area contributed by atoms with E-state index in [1.165, 1.54) is 31.5 Å². The summed E-state index contributed by atoms with van der Waals surface area (Å²) >= 11 is 5.67. The third-order valence-electron chi connectivity index (χ3n) is 2.47. The van der Waals surface area contributed by atoms with Crippen LogP contribution in [0, 0.1) is 10.1 Å². The molecule has 1 aromatic carbocycles. The number of benzene rings is 1. The number of hydrogen-bond acceptors (Lipinski definition) is 6. The van der Waals surface area contributed by atoms with Gasteiger partial charge in [-0.2, -0.15) is 0 Å². The second kappa shape index (κ2) is 6.19. The van der Waals surface area contributed by atoms with Gasteiger partial charge in [0, 0.05) is 6.07 Å². The molecule has 0 radical (unpaired) electrons. The maximum absolute atomic E-state index is 11.4. The van der Waals surface area contributed by atoms with Crippen molar-refractivity contribution >= 4 is 23.3 Å². The van der Waals surface area contributed by atoms with Gasteiger partial charge in [-0.1, -0.05) is 17.7 Å². The quantitative estimate of drug-likeness (QED) is 0.489.